The smallest absolute Gasteiger partial charge is 0.216 e. The molecule has 0 saturated carbocycles. The maximum Gasteiger partial charge on any atom is 0.216 e. The van der Waals surface area contributed by atoms with Crippen LogP contribution in [0, 0.1) is 4.77 Å². The topological polar surface area (TPSA) is 33.6 Å². The van der Waals surface area contributed by atoms with E-state index >= 15 is 0 Å². The summed E-state index contributed by atoms with van der Waals surface area (Å²) < 4.78 is 3.32. The van der Waals surface area contributed by atoms with Crippen molar-refractivity contribution in [1.82, 2.24) is 14.8 Å². The van der Waals surface area contributed by atoms with E-state index in [9.17, 15) is 0 Å². The molecule has 1 aromatic carbocycles. The van der Waals surface area contributed by atoms with Crippen LogP contribution < -0.4 is 0 Å². The summed E-state index contributed by atoms with van der Waals surface area (Å²) in [6, 6.07) is 7.91. The summed E-state index contributed by atoms with van der Waals surface area (Å²) in [7, 11) is 1.84. The maximum absolute atomic E-state index is 5.01. The van der Waals surface area contributed by atoms with Gasteiger partial charge in [-0.05, 0) is 24.4 Å². The molecule has 1 N–H and O–H groups in total. The van der Waals surface area contributed by atoms with E-state index in [1.54, 1.807) is 4.68 Å². The van der Waals surface area contributed by atoms with Crippen LogP contribution in [-0.4, -0.2) is 14.8 Å². The van der Waals surface area contributed by atoms with Gasteiger partial charge < -0.3 is 0 Å². The van der Waals surface area contributed by atoms with Crippen molar-refractivity contribution in [3.05, 3.63) is 33.5 Å². The van der Waals surface area contributed by atoms with Crippen molar-refractivity contribution in [2.45, 2.75) is 0 Å². The number of aromatic nitrogens is 3. The Morgan fingerprint density at radius 3 is 2.50 bits per heavy atom. The quantitative estimate of drug-likeness (QED) is 0.808. The van der Waals surface area contributed by atoms with Gasteiger partial charge >= 0.3 is 0 Å². The van der Waals surface area contributed by atoms with Crippen molar-refractivity contribution in [1.29, 1.82) is 0 Å². The number of hydrogen-bond donors (Lipinski definition) is 1. The van der Waals surface area contributed by atoms with Crippen molar-refractivity contribution in [3.8, 4) is 11.4 Å². The van der Waals surface area contributed by atoms with Gasteiger partial charge in [-0.2, -0.15) is 4.98 Å². The molecule has 0 saturated heterocycles. The number of rotatable bonds is 1. The van der Waals surface area contributed by atoms with E-state index in [1.807, 2.05) is 31.3 Å². The first kappa shape index (κ1) is 9.61. The zero-order chi connectivity index (χ0) is 10.1. The first-order valence-corrected chi connectivity index (χ1v) is 5.26. The molecular formula is C9H8BrN3S. The van der Waals surface area contributed by atoms with Gasteiger partial charge in [0.2, 0.25) is 4.77 Å². The van der Waals surface area contributed by atoms with Gasteiger partial charge in [-0.1, -0.05) is 28.1 Å². The van der Waals surface area contributed by atoms with Crippen LogP contribution >= 0.6 is 28.1 Å². The standard InChI is InChI=1S/C9H8BrN3S/c1-13-9(14)11-8(12-13)6-2-4-7(10)5-3-6/h2-5H,1H3,(H,11,12,14). The Kier molecular flexibility index (Phi) is 2.52. The highest BCUT2D eigenvalue weighted by atomic mass is 79.9. The van der Waals surface area contributed by atoms with E-state index in [4.69, 9.17) is 12.2 Å². The molecule has 0 bridgehead atoms. The largest absolute Gasteiger partial charge is 0.279 e. The Balaban J connectivity index is 2.49. The van der Waals surface area contributed by atoms with Gasteiger partial charge in [0, 0.05) is 17.1 Å². The normalized spacial score (nSPS) is 10.4. The number of nitrogens with zero attached hydrogens (tertiary/aromatic N) is 2. The van der Waals surface area contributed by atoms with Crippen molar-refractivity contribution in [2.75, 3.05) is 0 Å². The molecule has 72 valence electrons. The molecule has 0 aliphatic heterocycles. The van der Waals surface area contributed by atoms with E-state index < -0.39 is 0 Å². The fourth-order valence-electron chi connectivity index (χ4n) is 1.14. The minimum atomic E-state index is 0.558. The number of hydrogen-bond acceptors (Lipinski definition) is 2. The van der Waals surface area contributed by atoms with Gasteiger partial charge in [0.15, 0.2) is 5.82 Å². The molecular weight excluding hydrogens is 262 g/mol. The van der Waals surface area contributed by atoms with Gasteiger partial charge in [-0.3, -0.25) is 9.78 Å². The average Bonchev–Trinajstić information content (AvgIpc) is 2.48. The van der Waals surface area contributed by atoms with E-state index in [0.29, 0.717) is 4.77 Å². The van der Waals surface area contributed by atoms with Gasteiger partial charge in [0.25, 0.3) is 0 Å². The molecule has 0 spiro atoms. The molecule has 0 amide bonds. The van der Waals surface area contributed by atoms with Crippen LogP contribution in [0.4, 0.5) is 0 Å². The zero-order valence-electron chi connectivity index (χ0n) is 7.49. The molecule has 0 aliphatic carbocycles. The van der Waals surface area contributed by atoms with Gasteiger partial charge in [-0.25, -0.2) is 0 Å². The summed E-state index contributed by atoms with van der Waals surface area (Å²) in [6.45, 7) is 0. The number of halogens is 1. The van der Waals surface area contributed by atoms with Crippen LogP contribution in [0.1, 0.15) is 0 Å². The molecule has 1 heterocycles. The van der Waals surface area contributed by atoms with Gasteiger partial charge in [0.05, 0.1) is 0 Å². The minimum absolute atomic E-state index is 0.558. The average molecular weight is 270 g/mol. The van der Waals surface area contributed by atoms with Crippen molar-refractivity contribution < 1.29 is 0 Å². The summed E-state index contributed by atoms with van der Waals surface area (Å²) in [5.41, 5.74) is 1.03. The molecule has 0 aliphatic rings. The van der Waals surface area contributed by atoms with Crippen LogP contribution in [-0.2, 0) is 7.05 Å². The summed E-state index contributed by atoms with van der Waals surface area (Å²) >= 11 is 8.39. The highest BCUT2D eigenvalue weighted by Crippen LogP contribution is 2.17. The predicted molar refractivity (Wildman–Crippen MR) is 61.5 cm³/mol. The second kappa shape index (κ2) is 3.67. The third-order valence-corrected chi connectivity index (χ3v) is 2.78. The molecule has 0 unspecified atom stereocenters. The first-order valence-electron chi connectivity index (χ1n) is 4.06. The summed E-state index contributed by atoms with van der Waals surface area (Å²) in [6.07, 6.45) is 0. The molecule has 2 rings (SSSR count). The van der Waals surface area contributed by atoms with Crippen molar-refractivity contribution in [2.24, 2.45) is 7.05 Å². The second-order valence-corrected chi connectivity index (χ2v) is 4.20. The zero-order valence-corrected chi connectivity index (χ0v) is 9.89. The predicted octanol–water partition coefficient (Wildman–Crippen LogP) is 2.91. The van der Waals surface area contributed by atoms with Crippen LogP contribution in [0.15, 0.2) is 28.7 Å². The highest BCUT2D eigenvalue weighted by Gasteiger charge is 2.01. The van der Waals surface area contributed by atoms with Crippen LogP contribution in [0.25, 0.3) is 11.4 Å². The Bertz CT molecular complexity index is 498. The van der Waals surface area contributed by atoms with Crippen LogP contribution in [0.3, 0.4) is 0 Å². The molecule has 1 aromatic heterocycles. The van der Waals surface area contributed by atoms with E-state index in [0.717, 1.165) is 15.9 Å². The SMILES string of the molecule is Cn1[nH]c(-c2ccc(Br)cc2)nc1=S. The lowest BCUT2D eigenvalue weighted by atomic mass is 10.2. The van der Waals surface area contributed by atoms with E-state index in [1.165, 1.54) is 0 Å². The number of aromatic amines is 1. The van der Waals surface area contributed by atoms with Crippen LogP contribution in [0.5, 0.6) is 0 Å². The van der Waals surface area contributed by atoms with Crippen molar-refractivity contribution >= 4 is 28.1 Å². The molecule has 0 fully saturated rings. The third kappa shape index (κ3) is 1.78. The Labute approximate surface area is 94.9 Å². The molecule has 3 nitrogen and oxygen atoms in total. The van der Waals surface area contributed by atoms with Gasteiger partial charge in [0.1, 0.15) is 0 Å². The summed E-state index contributed by atoms with van der Waals surface area (Å²) in [5.74, 6) is 0.796. The van der Waals surface area contributed by atoms with E-state index in [2.05, 4.69) is 26.0 Å². The van der Waals surface area contributed by atoms with Crippen molar-refractivity contribution in [3.63, 3.8) is 0 Å². The summed E-state index contributed by atoms with van der Waals surface area (Å²) in [4.78, 5) is 4.22. The Morgan fingerprint density at radius 2 is 2.00 bits per heavy atom. The number of H-pyrrole nitrogens is 1. The molecule has 5 heteroatoms. The lowest BCUT2D eigenvalue weighted by molar-refractivity contribution is 0.756. The lowest BCUT2D eigenvalue weighted by Gasteiger charge is -1.95. The molecule has 14 heavy (non-hydrogen) atoms. The first-order chi connectivity index (χ1) is 6.66. The number of benzene rings is 1. The fraction of sp³-hybridized carbons (Fsp3) is 0.111. The van der Waals surface area contributed by atoms with E-state index in [-0.39, 0.29) is 0 Å². The maximum atomic E-state index is 5.01. The molecule has 0 radical (unpaired) electrons. The molecule has 0 atom stereocenters. The highest BCUT2D eigenvalue weighted by molar-refractivity contribution is 9.10. The third-order valence-electron chi connectivity index (χ3n) is 1.89. The van der Waals surface area contributed by atoms with Gasteiger partial charge in [-0.15, -0.1) is 0 Å². The Morgan fingerprint density at radius 1 is 1.36 bits per heavy atom. The minimum Gasteiger partial charge on any atom is -0.279 e. The molecule has 2 aromatic rings. The lowest BCUT2D eigenvalue weighted by Crippen LogP contribution is -1.89. The summed E-state index contributed by atoms with van der Waals surface area (Å²) in [5, 5.41) is 3.07. The number of nitrogens with one attached hydrogen (secondary N) is 1. The Hall–Kier alpha value is -0.940. The van der Waals surface area contributed by atoms with Crippen LogP contribution in [0.2, 0.25) is 0 Å². The number of aryl methyl sites for hydroxylation is 1. The fourth-order valence-corrected chi connectivity index (χ4v) is 1.54. The second-order valence-electron chi connectivity index (χ2n) is 2.92. The monoisotopic (exact) mass is 269 g/mol.